The van der Waals surface area contributed by atoms with Crippen molar-refractivity contribution in [1.29, 1.82) is 0 Å². The molecule has 0 unspecified atom stereocenters. The summed E-state index contributed by atoms with van der Waals surface area (Å²) < 4.78 is 46.3. The van der Waals surface area contributed by atoms with Crippen LogP contribution in [0, 0.1) is 16.7 Å². The quantitative estimate of drug-likeness (QED) is 0.0904. The summed E-state index contributed by atoms with van der Waals surface area (Å²) in [5, 5.41) is 39.8. The van der Waals surface area contributed by atoms with Crippen molar-refractivity contribution in [3.63, 3.8) is 0 Å². The number of esters is 4. The summed E-state index contributed by atoms with van der Waals surface area (Å²) >= 11 is 0. The lowest BCUT2D eigenvalue weighted by molar-refractivity contribution is -0.346. The molecule has 348 valence electrons. The van der Waals surface area contributed by atoms with Crippen molar-refractivity contribution in [3.8, 4) is 11.5 Å². The third-order valence-corrected chi connectivity index (χ3v) is 13.2. The first-order valence-electron chi connectivity index (χ1n) is 21.0. The summed E-state index contributed by atoms with van der Waals surface area (Å²) in [5.41, 5.74) is -7.56. The Kier molecular flexibility index (Phi) is 14.5. The van der Waals surface area contributed by atoms with E-state index in [-0.39, 0.29) is 47.8 Å². The number of carbonyl (C=O) groups is 6. The second-order valence-electron chi connectivity index (χ2n) is 17.7. The monoisotopic (exact) mass is 887 g/mol. The van der Waals surface area contributed by atoms with Gasteiger partial charge >= 0.3 is 30.0 Å². The maximum absolute atomic E-state index is 15.5. The van der Waals surface area contributed by atoms with E-state index >= 15 is 4.79 Å². The molecule has 1 heterocycles. The predicted molar refractivity (Wildman–Crippen MR) is 220 cm³/mol. The highest BCUT2D eigenvalue weighted by Crippen LogP contribution is 2.64. The zero-order valence-electron chi connectivity index (χ0n) is 37.7. The Morgan fingerprint density at radius 3 is 2.24 bits per heavy atom. The van der Waals surface area contributed by atoms with Crippen LogP contribution in [-0.4, -0.2) is 132 Å². The molecule has 1 aliphatic heterocycles. The molecular formula is C45H61NO17. The van der Waals surface area contributed by atoms with Crippen LogP contribution in [0.5, 0.6) is 11.5 Å². The summed E-state index contributed by atoms with van der Waals surface area (Å²) in [7, 11) is 2.70. The fraction of sp³-hybridized carbons (Fsp3) is 0.644. The molecule has 18 heteroatoms. The van der Waals surface area contributed by atoms with Crippen LogP contribution < -0.4 is 14.8 Å². The van der Waals surface area contributed by atoms with Crippen LogP contribution in [0.3, 0.4) is 0 Å². The van der Waals surface area contributed by atoms with Crippen molar-refractivity contribution in [2.75, 3.05) is 27.4 Å². The molecule has 11 atom stereocenters. The van der Waals surface area contributed by atoms with Crippen molar-refractivity contribution in [3.05, 3.63) is 46.6 Å². The number of aliphatic hydroxyl groups excluding tert-OH is 2. The van der Waals surface area contributed by atoms with Crippen molar-refractivity contribution in [1.82, 2.24) is 5.32 Å². The molecule has 1 amide bonds. The van der Waals surface area contributed by atoms with Gasteiger partial charge in [-0.25, -0.2) is 14.4 Å². The second kappa shape index (κ2) is 18.6. The molecule has 5 rings (SSSR count). The zero-order chi connectivity index (χ0) is 47.0. The number of amides is 1. The first-order valence-corrected chi connectivity index (χ1v) is 21.0. The molecule has 4 aliphatic rings. The largest absolute Gasteiger partial charge is 0.497 e. The molecule has 1 aromatic carbocycles. The summed E-state index contributed by atoms with van der Waals surface area (Å²) in [4.78, 5) is 83.1. The average molecular weight is 888 g/mol. The van der Waals surface area contributed by atoms with Crippen LogP contribution in [0.4, 0.5) is 4.79 Å². The van der Waals surface area contributed by atoms with Gasteiger partial charge in [-0.05, 0) is 63.5 Å². The third-order valence-electron chi connectivity index (χ3n) is 13.2. The highest BCUT2D eigenvalue weighted by molar-refractivity contribution is 5.96. The van der Waals surface area contributed by atoms with Gasteiger partial charge in [0.25, 0.3) is 0 Å². The van der Waals surface area contributed by atoms with Gasteiger partial charge in [-0.2, -0.15) is 0 Å². The fourth-order valence-corrected chi connectivity index (χ4v) is 9.83. The molecule has 18 nitrogen and oxygen atoms in total. The second-order valence-corrected chi connectivity index (χ2v) is 17.7. The Hall–Kier alpha value is -5.04. The highest BCUT2D eigenvalue weighted by Gasteiger charge is 2.78. The van der Waals surface area contributed by atoms with Gasteiger partial charge in [0.05, 0.1) is 50.9 Å². The number of hydrogen-bond acceptors (Lipinski definition) is 17. The number of ether oxygens (including phenoxy) is 8. The van der Waals surface area contributed by atoms with Crippen LogP contribution >= 0.6 is 0 Å². The number of alkyl carbamates (subject to hydrolysis) is 1. The van der Waals surface area contributed by atoms with Gasteiger partial charge in [-0.1, -0.05) is 38.8 Å². The molecule has 4 N–H and O–H groups in total. The van der Waals surface area contributed by atoms with E-state index in [1.807, 2.05) is 6.92 Å². The summed E-state index contributed by atoms with van der Waals surface area (Å²) in [5.74, 6) is -6.31. The molecule has 0 spiro atoms. The van der Waals surface area contributed by atoms with Gasteiger partial charge in [0.1, 0.15) is 41.0 Å². The Balaban J connectivity index is 1.75. The molecule has 0 radical (unpaired) electrons. The first-order chi connectivity index (χ1) is 29.4. The maximum atomic E-state index is 15.5. The number of nitrogens with one attached hydrogen (secondary N) is 1. The minimum atomic E-state index is -2.46. The Bertz CT molecular complexity index is 2040. The van der Waals surface area contributed by atoms with Gasteiger partial charge in [0.15, 0.2) is 23.6 Å². The minimum Gasteiger partial charge on any atom is -0.497 e. The van der Waals surface area contributed by atoms with Gasteiger partial charge < -0.3 is 58.5 Å². The number of fused-ring (bicyclic) bond motifs is 5. The number of allylic oxidation sites excluding steroid dienone is 1. The number of carbonyl (C=O) groups excluding carboxylic acids is 6. The Labute approximate surface area is 366 Å². The predicted octanol–water partition coefficient (Wildman–Crippen LogP) is 3.44. The van der Waals surface area contributed by atoms with Gasteiger partial charge in [-0.15, -0.1) is 0 Å². The summed E-state index contributed by atoms with van der Waals surface area (Å²) in [6.07, 6.45) is -8.99. The van der Waals surface area contributed by atoms with Crippen molar-refractivity contribution in [2.24, 2.45) is 16.7 Å². The zero-order valence-corrected chi connectivity index (χ0v) is 37.7. The van der Waals surface area contributed by atoms with E-state index in [0.29, 0.717) is 12.0 Å². The minimum absolute atomic E-state index is 0.0392. The van der Waals surface area contributed by atoms with E-state index in [9.17, 15) is 39.3 Å². The van der Waals surface area contributed by atoms with Crippen LogP contribution in [0.1, 0.15) is 98.4 Å². The topological polar surface area (TPSA) is 249 Å². The van der Waals surface area contributed by atoms with Gasteiger partial charge in [0.2, 0.25) is 0 Å². The molecular weight excluding hydrogens is 826 g/mol. The Morgan fingerprint density at radius 2 is 1.68 bits per heavy atom. The van der Waals surface area contributed by atoms with E-state index in [0.717, 1.165) is 20.3 Å². The maximum Gasteiger partial charge on any atom is 0.407 e. The van der Waals surface area contributed by atoms with Crippen LogP contribution in [0.15, 0.2) is 41.0 Å². The van der Waals surface area contributed by atoms with Crippen molar-refractivity contribution in [2.45, 2.75) is 142 Å². The SMILES string of the molecule is CCCCOC(=O)N[C@@H](C=C(C)C)[C@@H](O)C(=O)O[C@H]1C[C@@]2(O)[C@@H](OC(=O)c3cc(OC)ccc3OC)[C@@H]3[C@]4(OC(C)=O)CO[C@@H]4C[C@H](O)[C@@]3(C)C(=O)[C@H](OC(C)=O)C(=C1C)C2(C)C. The fourth-order valence-electron chi connectivity index (χ4n) is 9.83. The third kappa shape index (κ3) is 8.78. The number of methoxy groups -OCH3 is 2. The highest BCUT2D eigenvalue weighted by atomic mass is 16.6. The lowest BCUT2D eigenvalue weighted by atomic mass is 9.44. The first kappa shape index (κ1) is 49.0. The number of benzene rings is 1. The van der Waals surface area contributed by atoms with Crippen LogP contribution in [0.2, 0.25) is 0 Å². The number of ketones is 1. The van der Waals surface area contributed by atoms with Crippen LogP contribution in [0.25, 0.3) is 0 Å². The van der Waals surface area contributed by atoms with E-state index in [4.69, 9.17) is 37.9 Å². The smallest absolute Gasteiger partial charge is 0.407 e. The van der Waals surface area contributed by atoms with Crippen molar-refractivity contribution >= 4 is 35.8 Å². The summed E-state index contributed by atoms with van der Waals surface area (Å²) in [6.45, 7) is 13.2. The average Bonchev–Trinajstić information content (AvgIpc) is 3.20. The number of aliphatic hydroxyl groups is 3. The number of Topliss-reactive ketones (excluding diaryl/α,β-unsaturated/α-hetero) is 1. The van der Waals surface area contributed by atoms with Crippen molar-refractivity contribution < 1.29 is 82.0 Å². The van der Waals surface area contributed by atoms with Gasteiger partial charge in [0, 0.05) is 32.1 Å². The molecule has 3 aliphatic carbocycles. The molecule has 2 bridgehead atoms. The molecule has 1 aromatic rings. The standard InChI is InChI=1S/C45H61NO17/c1-12-13-16-58-41(54)46-28(17-22(2)3)34(50)40(53)61-30-20-45(55)38(62-39(52)27-18-26(56-10)14-15-29(27)57-11)36-43(9,31(49)19-32-44(36,21-59-32)63-25(6)48)37(51)35(60-24(5)47)33(23(30)4)42(45,7)8/h14-15,17-18,28,30-32,34-36,38,49-50,55H,12-13,16,19-21H2,1-11H3,(H,46,54)/t28-,30-,31-,32+,34+,35+,36-,38-,43+,44-,45+/m0/s1. The van der Waals surface area contributed by atoms with E-state index in [1.165, 1.54) is 66.2 Å². The number of hydrogen-bond donors (Lipinski definition) is 4. The molecule has 2 saturated carbocycles. The van der Waals surface area contributed by atoms with E-state index in [2.05, 4.69) is 5.32 Å². The molecule has 63 heavy (non-hydrogen) atoms. The lowest BCUT2D eigenvalue weighted by Gasteiger charge is -2.67. The van der Waals surface area contributed by atoms with E-state index < -0.39 is 113 Å². The summed E-state index contributed by atoms with van der Waals surface area (Å²) in [6, 6.07) is 2.99. The van der Waals surface area contributed by atoms with E-state index in [1.54, 1.807) is 13.8 Å². The molecule has 3 fully saturated rings. The molecule has 1 saturated heterocycles. The number of rotatable bonds is 14. The van der Waals surface area contributed by atoms with Gasteiger partial charge in [-0.3, -0.25) is 14.4 Å². The Morgan fingerprint density at radius 1 is 1.00 bits per heavy atom. The molecule has 0 aromatic heterocycles. The van der Waals surface area contributed by atoms with Crippen LogP contribution in [-0.2, 0) is 47.6 Å². The lowest BCUT2D eigenvalue weighted by Crippen LogP contribution is -2.82. The number of unbranched alkanes of at least 4 members (excludes halogenated alkanes) is 1. The normalized spacial score (nSPS) is 31.4.